The van der Waals surface area contributed by atoms with Gasteiger partial charge in [0.05, 0.1) is 40.2 Å². The Morgan fingerprint density at radius 2 is 1.51 bits per heavy atom. The van der Waals surface area contributed by atoms with E-state index in [1.54, 1.807) is 18.2 Å². The minimum Gasteiger partial charge on any atom is -0.493 e. The van der Waals surface area contributed by atoms with Crippen molar-refractivity contribution in [2.75, 3.05) is 28.4 Å². The minimum absolute atomic E-state index is 0.0777. The van der Waals surface area contributed by atoms with Crippen molar-refractivity contribution >= 4 is 18.1 Å². The predicted octanol–water partition coefficient (Wildman–Crippen LogP) is 4.19. The molecular weight excluding hydrogens is 476 g/mol. The molecule has 0 unspecified atom stereocenters. The predicted molar refractivity (Wildman–Crippen MR) is 137 cm³/mol. The summed E-state index contributed by atoms with van der Waals surface area (Å²) in [6, 6.07) is 17.9. The zero-order valence-corrected chi connectivity index (χ0v) is 21.0. The first kappa shape index (κ1) is 25.6. The Hall–Kier alpha value is -4.53. The molecule has 37 heavy (non-hydrogen) atoms. The first-order valence-corrected chi connectivity index (χ1v) is 11.6. The molecular formula is C28H28N2O7. The van der Waals surface area contributed by atoms with Gasteiger partial charge in [0.1, 0.15) is 0 Å². The lowest BCUT2D eigenvalue weighted by molar-refractivity contribution is -0.122. The summed E-state index contributed by atoms with van der Waals surface area (Å²) in [7, 11) is 5.87. The molecule has 0 aliphatic heterocycles. The summed E-state index contributed by atoms with van der Waals surface area (Å²) in [5, 5.41) is 4.07. The van der Waals surface area contributed by atoms with E-state index in [0.717, 1.165) is 12.0 Å². The maximum Gasteiger partial charge on any atom is 0.343 e. The maximum atomic E-state index is 12.8. The number of hydrogen-bond acceptors (Lipinski definition) is 8. The second kappa shape index (κ2) is 11.5. The summed E-state index contributed by atoms with van der Waals surface area (Å²) in [5.41, 5.74) is 4.62. The van der Waals surface area contributed by atoms with Gasteiger partial charge in [-0.1, -0.05) is 30.3 Å². The van der Waals surface area contributed by atoms with Gasteiger partial charge in [0.25, 0.3) is 0 Å². The molecule has 0 spiro atoms. The number of amides is 1. The van der Waals surface area contributed by atoms with Crippen LogP contribution in [-0.2, 0) is 4.79 Å². The monoisotopic (exact) mass is 504 g/mol. The smallest absolute Gasteiger partial charge is 0.343 e. The van der Waals surface area contributed by atoms with E-state index in [-0.39, 0.29) is 29.1 Å². The number of carbonyl (C=O) groups excluding carboxylic acids is 2. The maximum absolute atomic E-state index is 12.8. The second-order valence-corrected chi connectivity index (χ2v) is 8.31. The van der Waals surface area contributed by atoms with Gasteiger partial charge in [-0.3, -0.25) is 4.79 Å². The fourth-order valence-electron chi connectivity index (χ4n) is 4.01. The number of nitrogens with zero attached hydrogens (tertiary/aromatic N) is 1. The lowest BCUT2D eigenvalue weighted by Crippen LogP contribution is -2.20. The molecule has 9 nitrogen and oxygen atoms in total. The second-order valence-electron chi connectivity index (χ2n) is 8.31. The van der Waals surface area contributed by atoms with Crippen LogP contribution < -0.4 is 29.1 Å². The molecule has 3 aromatic carbocycles. The van der Waals surface area contributed by atoms with Crippen LogP contribution in [0, 0.1) is 5.92 Å². The summed E-state index contributed by atoms with van der Waals surface area (Å²) >= 11 is 0. The van der Waals surface area contributed by atoms with E-state index in [9.17, 15) is 9.59 Å². The van der Waals surface area contributed by atoms with Crippen LogP contribution in [-0.4, -0.2) is 46.5 Å². The average molecular weight is 505 g/mol. The summed E-state index contributed by atoms with van der Waals surface area (Å²) in [4.78, 5) is 25.3. The highest BCUT2D eigenvalue weighted by atomic mass is 16.6. The van der Waals surface area contributed by atoms with E-state index >= 15 is 0 Å². The van der Waals surface area contributed by atoms with E-state index in [1.165, 1.54) is 46.8 Å². The summed E-state index contributed by atoms with van der Waals surface area (Å²) < 4.78 is 26.8. The zero-order chi connectivity index (χ0) is 26.4. The van der Waals surface area contributed by atoms with Crippen molar-refractivity contribution in [3.8, 4) is 28.7 Å². The quantitative estimate of drug-likeness (QED) is 0.191. The number of hydrazone groups is 1. The Morgan fingerprint density at radius 3 is 2.14 bits per heavy atom. The molecule has 0 saturated heterocycles. The minimum atomic E-state index is -0.636. The van der Waals surface area contributed by atoms with Crippen molar-refractivity contribution in [1.29, 1.82) is 0 Å². The molecule has 1 N–H and O–H groups in total. The SMILES string of the molecule is COc1cc(/C=N\NC(=O)[C@@H]2C[C@H]2c2ccccc2)ccc1OC(=O)c1cc(OC)c(OC)c(OC)c1. The fourth-order valence-corrected chi connectivity index (χ4v) is 4.01. The highest BCUT2D eigenvalue weighted by Gasteiger charge is 2.43. The third-order valence-electron chi connectivity index (χ3n) is 6.03. The van der Waals surface area contributed by atoms with Gasteiger partial charge in [0, 0.05) is 5.92 Å². The van der Waals surface area contributed by atoms with Crippen molar-refractivity contribution in [3.63, 3.8) is 0 Å². The zero-order valence-electron chi connectivity index (χ0n) is 21.0. The summed E-state index contributed by atoms with van der Waals surface area (Å²) in [6.45, 7) is 0. The molecule has 1 fully saturated rings. The number of esters is 1. The van der Waals surface area contributed by atoms with Crippen molar-refractivity contribution in [2.24, 2.45) is 11.0 Å². The third kappa shape index (κ3) is 5.83. The normalized spacial score (nSPS) is 16.1. The van der Waals surface area contributed by atoms with Crippen LogP contribution in [0.5, 0.6) is 28.7 Å². The molecule has 1 aliphatic carbocycles. The van der Waals surface area contributed by atoms with Gasteiger partial charge in [0.2, 0.25) is 11.7 Å². The first-order valence-electron chi connectivity index (χ1n) is 11.6. The highest BCUT2D eigenvalue weighted by Crippen LogP contribution is 2.47. The van der Waals surface area contributed by atoms with Crippen molar-refractivity contribution in [2.45, 2.75) is 12.3 Å². The van der Waals surface area contributed by atoms with Crippen LogP contribution in [0.15, 0.2) is 65.8 Å². The van der Waals surface area contributed by atoms with Crippen LogP contribution >= 0.6 is 0 Å². The van der Waals surface area contributed by atoms with E-state index in [0.29, 0.717) is 28.6 Å². The molecule has 0 bridgehead atoms. The van der Waals surface area contributed by atoms with Crippen molar-refractivity contribution in [1.82, 2.24) is 5.43 Å². The van der Waals surface area contributed by atoms with Gasteiger partial charge in [-0.2, -0.15) is 5.10 Å². The highest BCUT2D eigenvalue weighted by molar-refractivity contribution is 5.93. The number of carbonyl (C=O) groups is 2. The Morgan fingerprint density at radius 1 is 0.838 bits per heavy atom. The third-order valence-corrected chi connectivity index (χ3v) is 6.03. The van der Waals surface area contributed by atoms with Crippen LogP contribution in [0.4, 0.5) is 0 Å². The Labute approximate surface area is 214 Å². The molecule has 1 aliphatic rings. The van der Waals surface area contributed by atoms with Crippen LogP contribution in [0.3, 0.4) is 0 Å². The van der Waals surface area contributed by atoms with Crippen molar-refractivity contribution < 1.29 is 33.3 Å². The van der Waals surface area contributed by atoms with E-state index in [4.69, 9.17) is 23.7 Å². The van der Waals surface area contributed by atoms with Crippen LogP contribution in [0.2, 0.25) is 0 Å². The topological polar surface area (TPSA) is 105 Å². The first-order chi connectivity index (χ1) is 18.0. The largest absolute Gasteiger partial charge is 0.493 e. The molecule has 1 amide bonds. The molecule has 0 radical (unpaired) electrons. The molecule has 1 saturated carbocycles. The van der Waals surface area contributed by atoms with Gasteiger partial charge in [-0.25, -0.2) is 10.2 Å². The van der Waals surface area contributed by atoms with E-state index in [1.807, 2.05) is 30.3 Å². The molecule has 3 aromatic rings. The van der Waals surface area contributed by atoms with Gasteiger partial charge in [0.15, 0.2) is 23.0 Å². The van der Waals surface area contributed by atoms with E-state index < -0.39 is 5.97 Å². The number of methoxy groups -OCH3 is 4. The lowest BCUT2D eigenvalue weighted by atomic mass is 10.1. The Balaban J connectivity index is 1.40. The van der Waals surface area contributed by atoms with Gasteiger partial charge < -0.3 is 23.7 Å². The standard InChI is InChI=1S/C28H28N2O7/c1-33-23-12-17(16-29-30-27(31)21-15-20(21)18-8-6-5-7-9-18)10-11-22(23)37-28(32)19-13-24(34-2)26(36-4)25(14-19)35-3/h5-14,16,20-21H,15H2,1-4H3,(H,30,31)/b29-16-/t20-,21+/m0/s1. The number of hydrogen-bond donors (Lipinski definition) is 1. The molecule has 192 valence electrons. The molecule has 4 rings (SSSR count). The molecule has 2 atom stereocenters. The van der Waals surface area contributed by atoms with Gasteiger partial charge >= 0.3 is 5.97 Å². The van der Waals surface area contributed by atoms with Gasteiger partial charge in [-0.05, 0) is 53.8 Å². The number of ether oxygens (including phenoxy) is 5. The molecule has 0 heterocycles. The average Bonchev–Trinajstić information content (AvgIpc) is 3.74. The molecule has 9 heteroatoms. The Bertz CT molecular complexity index is 1280. The fraction of sp³-hybridized carbons (Fsp3) is 0.250. The Kier molecular flexibility index (Phi) is 7.92. The van der Waals surface area contributed by atoms with E-state index in [2.05, 4.69) is 10.5 Å². The van der Waals surface area contributed by atoms with Crippen LogP contribution in [0.25, 0.3) is 0 Å². The van der Waals surface area contributed by atoms with Crippen LogP contribution in [0.1, 0.15) is 33.8 Å². The number of benzene rings is 3. The number of nitrogens with one attached hydrogen (secondary N) is 1. The molecule has 0 aromatic heterocycles. The lowest BCUT2D eigenvalue weighted by Gasteiger charge is -2.14. The van der Waals surface area contributed by atoms with Crippen molar-refractivity contribution in [3.05, 3.63) is 77.4 Å². The summed E-state index contributed by atoms with van der Waals surface area (Å²) in [6.07, 6.45) is 2.32. The van der Waals surface area contributed by atoms with Gasteiger partial charge in [-0.15, -0.1) is 0 Å². The number of rotatable bonds is 10. The summed E-state index contributed by atoms with van der Waals surface area (Å²) in [5.74, 6) is 0.964.